The molecule has 0 bridgehead atoms. The summed E-state index contributed by atoms with van der Waals surface area (Å²) in [5, 5.41) is 3.50. The van der Waals surface area contributed by atoms with Crippen molar-refractivity contribution < 1.29 is 18.8 Å². The highest BCUT2D eigenvalue weighted by Crippen LogP contribution is 2.39. The van der Waals surface area contributed by atoms with E-state index in [1.54, 1.807) is 25.1 Å². The van der Waals surface area contributed by atoms with Crippen molar-refractivity contribution in [1.29, 1.82) is 0 Å². The van der Waals surface area contributed by atoms with E-state index in [4.69, 9.17) is 4.42 Å². The Morgan fingerprint density at radius 3 is 2.39 bits per heavy atom. The van der Waals surface area contributed by atoms with Gasteiger partial charge < -0.3 is 9.73 Å². The summed E-state index contributed by atoms with van der Waals surface area (Å²) in [5.41, 5.74) is 1.13. The summed E-state index contributed by atoms with van der Waals surface area (Å²) < 4.78 is 5.20. The number of likely N-dealkylation sites (tertiary alicyclic amines) is 1. The largest absolute Gasteiger partial charge is 0.423 e. The maximum Gasteiger partial charge on any atom is 0.336 e. The number of amides is 3. The number of nitrogens with one attached hydrogen (secondary N) is 1. The maximum atomic E-state index is 12.7. The van der Waals surface area contributed by atoms with E-state index in [9.17, 15) is 19.2 Å². The summed E-state index contributed by atoms with van der Waals surface area (Å²) in [7, 11) is 0. The maximum absolute atomic E-state index is 12.7. The van der Waals surface area contributed by atoms with Gasteiger partial charge in [-0.25, -0.2) is 4.79 Å². The van der Waals surface area contributed by atoms with E-state index < -0.39 is 17.6 Å². The van der Waals surface area contributed by atoms with E-state index in [1.165, 1.54) is 6.07 Å². The van der Waals surface area contributed by atoms with Gasteiger partial charge >= 0.3 is 5.63 Å². The van der Waals surface area contributed by atoms with Crippen LogP contribution in [-0.2, 0) is 14.4 Å². The van der Waals surface area contributed by atoms with Gasteiger partial charge in [0.25, 0.3) is 0 Å². The molecule has 1 aliphatic carbocycles. The minimum absolute atomic E-state index is 0.238. The molecule has 0 radical (unpaired) electrons. The number of benzene rings is 1. The molecule has 7 heteroatoms. The van der Waals surface area contributed by atoms with Gasteiger partial charge in [0, 0.05) is 23.2 Å². The van der Waals surface area contributed by atoms with E-state index in [0.29, 0.717) is 24.1 Å². The molecule has 7 nitrogen and oxygen atoms in total. The van der Waals surface area contributed by atoms with Gasteiger partial charge in [0.05, 0.1) is 11.8 Å². The quantitative estimate of drug-likeness (QED) is 0.650. The Morgan fingerprint density at radius 1 is 1.11 bits per heavy atom. The molecule has 2 aromatic rings. The Labute approximate surface area is 161 Å². The first-order chi connectivity index (χ1) is 13.4. The summed E-state index contributed by atoms with van der Waals surface area (Å²) in [6.45, 7) is 3.37. The van der Waals surface area contributed by atoms with Gasteiger partial charge in [0.2, 0.25) is 17.7 Å². The molecule has 28 heavy (non-hydrogen) atoms. The first kappa shape index (κ1) is 18.4. The zero-order valence-corrected chi connectivity index (χ0v) is 15.9. The van der Waals surface area contributed by atoms with Crippen molar-refractivity contribution in [3.63, 3.8) is 0 Å². The zero-order valence-electron chi connectivity index (χ0n) is 15.9. The number of anilines is 1. The second-order valence-electron chi connectivity index (χ2n) is 7.67. The number of aryl methyl sites for hydroxylation is 1. The topological polar surface area (TPSA) is 96.7 Å². The number of carbonyl (C=O) groups excluding carboxylic acids is 3. The molecule has 1 saturated carbocycles. The lowest BCUT2D eigenvalue weighted by molar-refractivity contribution is -0.146. The van der Waals surface area contributed by atoms with Gasteiger partial charge in [-0.15, -0.1) is 0 Å². The van der Waals surface area contributed by atoms with E-state index in [2.05, 4.69) is 5.32 Å². The molecule has 1 aromatic carbocycles. The third-order valence-electron chi connectivity index (χ3n) is 5.86. The number of fused-ring (bicyclic) bond motifs is 2. The second kappa shape index (κ2) is 6.89. The van der Waals surface area contributed by atoms with E-state index in [-0.39, 0.29) is 23.7 Å². The average molecular weight is 382 g/mol. The highest BCUT2D eigenvalue weighted by molar-refractivity contribution is 6.10. The summed E-state index contributed by atoms with van der Waals surface area (Å²) in [6, 6.07) is 5.54. The fourth-order valence-electron chi connectivity index (χ4n) is 4.34. The highest BCUT2D eigenvalue weighted by Gasteiger charge is 2.50. The van der Waals surface area contributed by atoms with Gasteiger partial charge in [-0.05, 0) is 44.4 Å². The molecule has 1 aromatic heterocycles. The van der Waals surface area contributed by atoms with Crippen LogP contribution in [0.3, 0.4) is 0 Å². The van der Waals surface area contributed by atoms with Crippen LogP contribution in [0.2, 0.25) is 0 Å². The molecule has 3 amide bonds. The zero-order chi connectivity index (χ0) is 20.0. The van der Waals surface area contributed by atoms with Crippen LogP contribution in [0.15, 0.2) is 33.5 Å². The summed E-state index contributed by atoms with van der Waals surface area (Å²) >= 11 is 0. The Bertz CT molecular complexity index is 1020. The van der Waals surface area contributed by atoms with Gasteiger partial charge in [0.1, 0.15) is 11.6 Å². The smallest absolute Gasteiger partial charge is 0.336 e. The molecule has 3 atom stereocenters. The number of imide groups is 1. The molecule has 1 N–H and O–H groups in total. The molecule has 2 fully saturated rings. The normalized spacial score (nSPS) is 23.0. The van der Waals surface area contributed by atoms with Crippen molar-refractivity contribution in [2.75, 3.05) is 5.32 Å². The lowest BCUT2D eigenvalue weighted by Gasteiger charge is -2.22. The van der Waals surface area contributed by atoms with E-state index >= 15 is 0 Å². The van der Waals surface area contributed by atoms with Gasteiger partial charge in [0.15, 0.2) is 0 Å². The predicted molar refractivity (Wildman–Crippen MR) is 103 cm³/mol. The highest BCUT2D eigenvalue weighted by atomic mass is 16.4. The number of hydrogen-bond donors (Lipinski definition) is 1. The molecule has 2 aliphatic rings. The fraction of sp³-hybridized carbons (Fsp3) is 0.429. The van der Waals surface area contributed by atoms with Crippen molar-refractivity contribution in [1.82, 2.24) is 4.90 Å². The van der Waals surface area contributed by atoms with Crippen molar-refractivity contribution in [3.8, 4) is 0 Å². The minimum atomic E-state index is -0.897. The SMILES string of the molecule is Cc1cc(=O)oc2cc(NC(=O)[C@H](C)N3C(=O)C4CCCCC4C3=O)ccc12. The van der Waals surface area contributed by atoms with Crippen LogP contribution in [0.4, 0.5) is 5.69 Å². The molecule has 146 valence electrons. The van der Waals surface area contributed by atoms with Gasteiger partial charge in [-0.3, -0.25) is 19.3 Å². The van der Waals surface area contributed by atoms with Crippen LogP contribution in [-0.4, -0.2) is 28.7 Å². The van der Waals surface area contributed by atoms with Crippen LogP contribution in [0.5, 0.6) is 0 Å². The first-order valence-electron chi connectivity index (χ1n) is 9.59. The van der Waals surface area contributed by atoms with Gasteiger partial charge in [-0.2, -0.15) is 0 Å². The van der Waals surface area contributed by atoms with Crippen LogP contribution >= 0.6 is 0 Å². The first-order valence-corrected chi connectivity index (χ1v) is 9.59. The standard InChI is InChI=1S/C21H22N2O5/c1-11-9-18(24)28-17-10-13(7-8-14(11)17)22-19(25)12(2)23-20(26)15-5-3-4-6-16(15)21(23)27/h7-10,12,15-16H,3-6H2,1-2H3,(H,22,25)/t12-,15?,16?/m0/s1. The Kier molecular flexibility index (Phi) is 4.53. The molecular weight excluding hydrogens is 360 g/mol. The summed E-state index contributed by atoms with van der Waals surface area (Å²) in [4.78, 5) is 50.8. The summed E-state index contributed by atoms with van der Waals surface area (Å²) in [6.07, 6.45) is 3.30. The van der Waals surface area contributed by atoms with Crippen LogP contribution in [0.25, 0.3) is 11.0 Å². The van der Waals surface area contributed by atoms with Crippen molar-refractivity contribution in [2.24, 2.45) is 11.8 Å². The van der Waals surface area contributed by atoms with Crippen molar-refractivity contribution in [2.45, 2.75) is 45.6 Å². The van der Waals surface area contributed by atoms with Gasteiger partial charge in [-0.1, -0.05) is 12.8 Å². The number of rotatable bonds is 3. The number of nitrogens with zero attached hydrogens (tertiary/aromatic N) is 1. The Hall–Kier alpha value is -2.96. The summed E-state index contributed by atoms with van der Waals surface area (Å²) in [5.74, 6) is -1.49. The monoisotopic (exact) mass is 382 g/mol. The lowest BCUT2D eigenvalue weighted by atomic mass is 9.81. The van der Waals surface area contributed by atoms with Crippen LogP contribution in [0.1, 0.15) is 38.2 Å². The number of carbonyl (C=O) groups is 3. The Balaban J connectivity index is 1.55. The molecule has 2 unspecified atom stereocenters. The second-order valence-corrected chi connectivity index (χ2v) is 7.67. The third kappa shape index (κ3) is 3.00. The minimum Gasteiger partial charge on any atom is -0.423 e. The molecule has 2 heterocycles. The third-order valence-corrected chi connectivity index (χ3v) is 5.86. The van der Waals surface area contributed by atoms with E-state index in [1.807, 2.05) is 6.92 Å². The van der Waals surface area contributed by atoms with Crippen LogP contribution in [0, 0.1) is 18.8 Å². The molecule has 4 rings (SSSR count). The Morgan fingerprint density at radius 2 is 1.75 bits per heavy atom. The molecular formula is C21H22N2O5. The number of hydrogen-bond acceptors (Lipinski definition) is 5. The van der Waals surface area contributed by atoms with Crippen molar-refractivity contribution in [3.05, 3.63) is 40.2 Å². The van der Waals surface area contributed by atoms with E-state index in [0.717, 1.165) is 28.7 Å². The average Bonchev–Trinajstić information content (AvgIpc) is 2.91. The van der Waals surface area contributed by atoms with Crippen molar-refractivity contribution >= 4 is 34.4 Å². The molecule has 1 saturated heterocycles. The fourth-order valence-corrected chi connectivity index (χ4v) is 4.34. The molecule has 1 aliphatic heterocycles. The predicted octanol–water partition coefficient (Wildman–Crippen LogP) is 2.60. The van der Waals surface area contributed by atoms with Crippen LogP contribution < -0.4 is 10.9 Å². The lowest BCUT2D eigenvalue weighted by Crippen LogP contribution is -2.46. The molecule has 0 spiro atoms.